The van der Waals surface area contributed by atoms with Gasteiger partial charge < -0.3 is 14.6 Å². The van der Waals surface area contributed by atoms with Crippen LogP contribution in [0.3, 0.4) is 0 Å². The number of anilines is 1. The van der Waals surface area contributed by atoms with Gasteiger partial charge in [-0.15, -0.1) is 0 Å². The number of carbonyl (C=O) groups is 2. The van der Waals surface area contributed by atoms with Crippen molar-refractivity contribution in [3.63, 3.8) is 0 Å². The van der Waals surface area contributed by atoms with Crippen molar-refractivity contribution in [1.82, 2.24) is 4.90 Å². The highest BCUT2D eigenvalue weighted by molar-refractivity contribution is 6.10. The van der Waals surface area contributed by atoms with E-state index in [1.54, 1.807) is 0 Å². The molecule has 0 unspecified atom stereocenters. The van der Waals surface area contributed by atoms with Gasteiger partial charge in [0.05, 0.1) is 0 Å². The zero-order valence-electron chi connectivity index (χ0n) is 16.4. The fourth-order valence-corrected chi connectivity index (χ4v) is 3.99. The van der Waals surface area contributed by atoms with E-state index in [1.807, 2.05) is 29.2 Å². The highest BCUT2D eigenvalue weighted by Crippen LogP contribution is 2.33. The van der Waals surface area contributed by atoms with Gasteiger partial charge in [-0.25, -0.2) is 0 Å². The molecule has 1 N–H and O–H groups in total. The molecule has 1 fully saturated rings. The Labute approximate surface area is 161 Å². The number of hydrogen-bond acceptors (Lipinski definition) is 3. The zero-order valence-corrected chi connectivity index (χ0v) is 16.4. The van der Waals surface area contributed by atoms with Crippen LogP contribution < -0.4 is 5.32 Å². The lowest BCUT2D eigenvalue weighted by atomic mass is 10.0. The van der Waals surface area contributed by atoms with Crippen LogP contribution in [0.1, 0.15) is 69.3 Å². The molecule has 5 heteroatoms. The van der Waals surface area contributed by atoms with Crippen LogP contribution in [0, 0.1) is 5.92 Å². The van der Waals surface area contributed by atoms with Gasteiger partial charge in [0, 0.05) is 24.9 Å². The predicted octanol–water partition coefficient (Wildman–Crippen LogP) is 5.21. The number of nitrogens with one attached hydrogen (secondary N) is 1. The summed E-state index contributed by atoms with van der Waals surface area (Å²) in [6, 6.07) is 7.50. The van der Waals surface area contributed by atoms with Crippen molar-refractivity contribution in [2.45, 2.75) is 58.8 Å². The monoisotopic (exact) mass is 370 g/mol. The Kier molecular flexibility index (Phi) is 6.54. The normalized spacial score (nSPS) is 14.6. The van der Waals surface area contributed by atoms with Crippen molar-refractivity contribution < 1.29 is 14.0 Å². The van der Waals surface area contributed by atoms with Gasteiger partial charge in [-0.2, -0.15) is 0 Å². The molecular weight excluding hydrogens is 340 g/mol. The van der Waals surface area contributed by atoms with Crippen molar-refractivity contribution in [2.75, 3.05) is 18.4 Å². The Balaban J connectivity index is 1.88. The molecule has 1 heterocycles. The lowest BCUT2D eigenvalue weighted by molar-refractivity contribution is -0.117. The largest absolute Gasteiger partial charge is 0.449 e. The Morgan fingerprint density at radius 2 is 1.78 bits per heavy atom. The van der Waals surface area contributed by atoms with E-state index in [1.165, 1.54) is 12.8 Å². The van der Waals surface area contributed by atoms with Gasteiger partial charge >= 0.3 is 0 Å². The summed E-state index contributed by atoms with van der Waals surface area (Å²) < 4.78 is 5.90. The van der Waals surface area contributed by atoms with Gasteiger partial charge in [0.2, 0.25) is 11.7 Å². The van der Waals surface area contributed by atoms with E-state index in [2.05, 4.69) is 19.2 Å². The molecular formula is C22H30N2O3. The number of rotatable bonds is 8. The first-order valence-corrected chi connectivity index (χ1v) is 10.2. The summed E-state index contributed by atoms with van der Waals surface area (Å²) in [6.07, 6.45) is 6.93. The summed E-state index contributed by atoms with van der Waals surface area (Å²) in [5.41, 5.74) is 1.15. The average Bonchev–Trinajstić information content (AvgIpc) is 3.29. The summed E-state index contributed by atoms with van der Waals surface area (Å²) >= 11 is 0. The quantitative estimate of drug-likeness (QED) is 0.693. The molecule has 0 spiro atoms. The SMILES string of the molecule is CCCN(CCC)C(=O)c1oc2ccccc2c1NC(=O)CC1CCCC1. The molecule has 146 valence electrons. The summed E-state index contributed by atoms with van der Waals surface area (Å²) in [4.78, 5) is 27.6. The van der Waals surface area contributed by atoms with Crippen molar-refractivity contribution in [3.05, 3.63) is 30.0 Å². The first kappa shape index (κ1) is 19.5. The van der Waals surface area contributed by atoms with Gasteiger partial charge in [-0.05, 0) is 43.7 Å². The van der Waals surface area contributed by atoms with Crippen LogP contribution in [0.4, 0.5) is 5.69 Å². The van der Waals surface area contributed by atoms with Gasteiger partial charge in [-0.1, -0.05) is 38.8 Å². The number of hydrogen-bond donors (Lipinski definition) is 1. The summed E-state index contributed by atoms with van der Waals surface area (Å²) in [6.45, 7) is 5.47. The molecule has 1 aliphatic carbocycles. The molecule has 0 bridgehead atoms. The molecule has 2 aromatic rings. The van der Waals surface area contributed by atoms with Gasteiger partial charge in [0.25, 0.3) is 5.91 Å². The fourth-order valence-electron chi connectivity index (χ4n) is 3.99. The minimum absolute atomic E-state index is 0.0277. The van der Waals surface area contributed by atoms with Crippen molar-refractivity contribution in [1.29, 1.82) is 0 Å². The second-order valence-electron chi connectivity index (χ2n) is 7.50. The average molecular weight is 370 g/mol. The fraction of sp³-hybridized carbons (Fsp3) is 0.545. The van der Waals surface area contributed by atoms with Crippen LogP contribution in [0.15, 0.2) is 28.7 Å². The third-order valence-corrected chi connectivity index (χ3v) is 5.28. The number of fused-ring (bicyclic) bond motifs is 1. The maximum absolute atomic E-state index is 13.1. The van der Waals surface area contributed by atoms with Crippen molar-refractivity contribution in [3.8, 4) is 0 Å². The Bertz CT molecular complexity index is 784. The number of furan rings is 1. The Hall–Kier alpha value is -2.30. The van der Waals surface area contributed by atoms with Crippen LogP contribution in [-0.4, -0.2) is 29.8 Å². The highest BCUT2D eigenvalue weighted by atomic mass is 16.3. The molecule has 1 saturated carbocycles. The van der Waals surface area contributed by atoms with E-state index in [4.69, 9.17) is 4.42 Å². The number of nitrogens with zero attached hydrogens (tertiary/aromatic N) is 1. The second kappa shape index (κ2) is 9.07. The van der Waals surface area contributed by atoms with Crippen molar-refractivity contribution in [2.24, 2.45) is 5.92 Å². The molecule has 27 heavy (non-hydrogen) atoms. The summed E-state index contributed by atoms with van der Waals surface area (Å²) in [7, 11) is 0. The third kappa shape index (κ3) is 4.52. The number of benzene rings is 1. The highest BCUT2D eigenvalue weighted by Gasteiger charge is 2.27. The van der Waals surface area contributed by atoms with E-state index < -0.39 is 0 Å². The van der Waals surface area contributed by atoms with Crippen LogP contribution in [0.25, 0.3) is 11.0 Å². The van der Waals surface area contributed by atoms with Gasteiger partial charge in [0.15, 0.2) is 0 Å². The molecule has 1 aromatic heterocycles. The van der Waals surface area contributed by atoms with Gasteiger partial charge in [-0.3, -0.25) is 9.59 Å². The predicted molar refractivity (Wildman–Crippen MR) is 108 cm³/mol. The van der Waals surface area contributed by atoms with E-state index in [0.29, 0.717) is 36.7 Å². The molecule has 2 amide bonds. The maximum Gasteiger partial charge on any atom is 0.291 e. The number of amides is 2. The minimum Gasteiger partial charge on any atom is -0.449 e. The standard InChI is InChI=1S/C22H30N2O3/c1-3-13-24(14-4-2)22(26)21-20(17-11-7-8-12-18(17)27-21)23-19(25)15-16-9-5-6-10-16/h7-8,11-12,16H,3-6,9-10,13-15H2,1-2H3,(H,23,25). The maximum atomic E-state index is 13.1. The van der Waals surface area contributed by atoms with Crippen LogP contribution >= 0.6 is 0 Å². The van der Waals surface area contributed by atoms with E-state index in [9.17, 15) is 9.59 Å². The summed E-state index contributed by atoms with van der Waals surface area (Å²) in [5, 5.41) is 3.79. The van der Waals surface area contributed by atoms with Crippen LogP contribution in [0.5, 0.6) is 0 Å². The third-order valence-electron chi connectivity index (χ3n) is 5.28. The molecule has 1 aromatic carbocycles. The lowest BCUT2D eigenvalue weighted by Crippen LogP contribution is -2.33. The van der Waals surface area contributed by atoms with E-state index in [0.717, 1.165) is 31.1 Å². The lowest BCUT2D eigenvalue weighted by Gasteiger charge is -2.20. The molecule has 0 aliphatic heterocycles. The smallest absolute Gasteiger partial charge is 0.291 e. The first-order valence-electron chi connectivity index (χ1n) is 10.2. The molecule has 0 atom stereocenters. The Morgan fingerprint density at radius 1 is 1.11 bits per heavy atom. The minimum atomic E-state index is -0.147. The van der Waals surface area contributed by atoms with E-state index >= 15 is 0 Å². The van der Waals surface area contributed by atoms with Crippen molar-refractivity contribution >= 4 is 28.5 Å². The topological polar surface area (TPSA) is 62.6 Å². The molecule has 1 aliphatic rings. The molecule has 0 saturated heterocycles. The molecule has 0 radical (unpaired) electrons. The Morgan fingerprint density at radius 3 is 2.44 bits per heavy atom. The first-order chi connectivity index (χ1) is 13.1. The van der Waals surface area contributed by atoms with Crippen LogP contribution in [-0.2, 0) is 4.79 Å². The number of carbonyl (C=O) groups excluding carboxylic acids is 2. The molecule has 5 nitrogen and oxygen atoms in total. The number of para-hydroxylation sites is 1. The van der Waals surface area contributed by atoms with Crippen LogP contribution in [0.2, 0.25) is 0 Å². The van der Waals surface area contributed by atoms with E-state index in [-0.39, 0.29) is 17.6 Å². The zero-order chi connectivity index (χ0) is 19.2. The molecule has 3 rings (SSSR count). The van der Waals surface area contributed by atoms with Gasteiger partial charge in [0.1, 0.15) is 11.3 Å². The summed E-state index contributed by atoms with van der Waals surface area (Å²) in [5.74, 6) is 0.531. The second-order valence-corrected chi connectivity index (χ2v) is 7.50.